The van der Waals surface area contributed by atoms with Crippen molar-refractivity contribution in [3.8, 4) is 5.75 Å². The highest BCUT2D eigenvalue weighted by molar-refractivity contribution is 5.86. The summed E-state index contributed by atoms with van der Waals surface area (Å²) in [5, 5.41) is 8.64. The van der Waals surface area contributed by atoms with E-state index in [0.717, 1.165) is 5.69 Å². The predicted molar refractivity (Wildman–Crippen MR) is 87.9 cm³/mol. The molecule has 126 valence electrons. The van der Waals surface area contributed by atoms with Gasteiger partial charge in [0.05, 0.1) is 18.8 Å². The number of carbonyl (C=O) groups excluding carboxylic acids is 2. The summed E-state index contributed by atoms with van der Waals surface area (Å²) in [7, 11) is 0. The number of carbonyl (C=O) groups is 2. The number of anilines is 2. The lowest BCUT2D eigenvalue weighted by Crippen LogP contribution is -2.40. The van der Waals surface area contributed by atoms with Crippen LogP contribution in [0.1, 0.15) is 27.7 Å². The lowest BCUT2D eigenvalue weighted by molar-refractivity contribution is -0.119. The van der Waals surface area contributed by atoms with Crippen molar-refractivity contribution in [2.45, 2.75) is 39.4 Å². The standard InChI is InChI=1S/C16H23N3O4/c1-10(20)17-8-12-9-18-13-7-11(5-6-14(13)22-12)19-15(21)23-16(2,3)4/h5-7,12,18H,8-9H2,1-4H3,(H,17,20)(H,19,21). The Morgan fingerprint density at radius 2 is 2.13 bits per heavy atom. The fourth-order valence-electron chi connectivity index (χ4n) is 2.09. The number of rotatable bonds is 3. The van der Waals surface area contributed by atoms with Crippen LogP contribution < -0.4 is 20.7 Å². The van der Waals surface area contributed by atoms with Gasteiger partial charge >= 0.3 is 6.09 Å². The van der Waals surface area contributed by atoms with Crippen LogP contribution in [0.3, 0.4) is 0 Å². The molecule has 0 saturated carbocycles. The second-order valence-corrected chi connectivity index (χ2v) is 6.40. The van der Waals surface area contributed by atoms with Crippen LogP contribution in [-0.4, -0.2) is 36.8 Å². The lowest BCUT2D eigenvalue weighted by Gasteiger charge is -2.28. The molecule has 2 amide bonds. The Labute approximate surface area is 135 Å². The largest absolute Gasteiger partial charge is 0.485 e. The molecule has 3 N–H and O–H groups in total. The maximum absolute atomic E-state index is 11.8. The fraction of sp³-hybridized carbons (Fsp3) is 0.500. The predicted octanol–water partition coefficient (Wildman–Crippen LogP) is 2.34. The number of hydrogen-bond acceptors (Lipinski definition) is 5. The number of benzene rings is 1. The van der Waals surface area contributed by atoms with Crippen molar-refractivity contribution in [3.05, 3.63) is 18.2 Å². The SMILES string of the molecule is CC(=O)NCC1CNc2cc(NC(=O)OC(C)(C)C)ccc2O1. The van der Waals surface area contributed by atoms with Gasteiger partial charge in [0.1, 0.15) is 17.5 Å². The Morgan fingerprint density at radius 3 is 2.78 bits per heavy atom. The van der Waals surface area contributed by atoms with E-state index >= 15 is 0 Å². The van der Waals surface area contributed by atoms with E-state index in [1.165, 1.54) is 6.92 Å². The second kappa shape index (κ2) is 6.76. The third-order valence-electron chi connectivity index (χ3n) is 3.02. The van der Waals surface area contributed by atoms with Crippen LogP contribution in [0.4, 0.5) is 16.2 Å². The summed E-state index contributed by atoms with van der Waals surface area (Å²) in [5.74, 6) is 0.595. The monoisotopic (exact) mass is 321 g/mol. The van der Waals surface area contributed by atoms with Gasteiger partial charge in [-0.25, -0.2) is 4.79 Å². The van der Waals surface area contributed by atoms with E-state index in [2.05, 4.69) is 16.0 Å². The van der Waals surface area contributed by atoms with E-state index in [1.54, 1.807) is 18.2 Å². The summed E-state index contributed by atoms with van der Waals surface area (Å²) < 4.78 is 11.0. The minimum absolute atomic E-state index is 0.0868. The fourth-order valence-corrected chi connectivity index (χ4v) is 2.09. The van der Waals surface area contributed by atoms with Gasteiger partial charge in [0.25, 0.3) is 0 Å². The van der Waals surface area contributed by atoms with E-state index in [1.807, 2.05) is 20.8 Å². The van der Waals surface area contributed by atoms with Gasteiger partial charge in [-0.2, -0.15) is 0 Å². The molecule has 0 spiro atoms. The van der Waals surface area contributed by atoms with Crippen molar-refractivity contribution in [2.75, 3.05) is 23.7 Å². The Balaban J connectivity index is 1.96. The van der Waals surface area contributed by atoms with Crippen molar-refractivity contribution in [1.82, 2.24) is 5.32 Å². The smallest absolute Gasteiger partial charge is 0.412 e. The van der Waals surface area contributed by atoms with Gasteiger partial charge in [-0.1, -0.05) is 0 Å². The van der Waals surface area contributed by atoms with Crippen LogP contribution in [-0.2, 0) is 9.53 Å². The molecule has 1 unspecified atom stereocenters. The van der Waals surface area contributed by atoms with Crippen molar-refractivity contribution in [2.24, 2.45) is 0 Å². The first-order valence-corrected chi connectivity index (χ1v) is 7.52. The van der Waals surface area contributed by atoms with Gasteiger partial charge in [-0.15, -0.1) is 0 Å². The average Bonchev–Trinajstić information content (AvgIpc) is 2.42. The molecule has 0 fully saturated rings. The molecular formula is C16H23N3O4. The molecular weight excluding hydrogens is 298 g/mol. The molecule has 0 bridgehead atoms. The molecule has 1 heterocycles. The molecule has 23 heavy (non-hydrogen) atoms. The zero-order valence-electron chi connectivity index (χ0n) is 13.9. The zero-order chi connectivity index (χ0) is 17.0. The van der Waals surface area contributed by atoms with Crippen LogP contribution >= 0.6 is 0 Å². The van der Waals surface area contributed by atoms with E-state index in [0.29, 0.717) is 24.5 Å². The number of ether oxygens (including phenoxy) is 2. The molecule has 1 aromatic rings. The van der Waals surface area contributed by atoms with E-state index in [9.17, 15) is 9.59 Å². The van der Waals surface area contributed by atoms with Gasteiger partial charge in [0.2, 0.25) is 5.91 Å². The van der Waals surface area contributed by atoms with Crippen LogP contribution in [0, 0.1) is 0 Å². The first-order valence-electron chi connectivity index (χ1n) is 7.52. The summed E-state index contributed by atoms with van der Waals surface area (Å²) in [6, 6.07) is 5.30. The number of nitrogens with one attached hydrogen (secondary N) is 3. The summed E-state index contributed by atoms with van der Waals surface area (Å²) in [6.07, 6.45) is -0.631. The van der Waals surface area contributed by atoms with E-state index in [-0.39, 0.29) is 12.0 Å². The molecule has 7 heteroatoms. The highest BCUT2D eigenvalue weighted by Gasteiger charge is 2.21. The van der Waals surface area contributed by atoms with Gasteiger partial charge in [-0.3, -0.25) is 10.1 Å². The third-order valence-corrected chi connectivity index (χ3v) is 3.02. The first kappa shape index (κ1) is 16.9. The maximum atomic E-state index is 11.8. The third kappa shape index (κ3) is 5.36. The zero-order valence-corrected chi connectivity index (χ0v) is 13.9. The molecule has 0 saturated heterocycles. The van der Waals surface area contributed by atoms with Gasteiger partial charge < -0.3 is 20.1 Å². The van der Waals surface area contributed by atoms with Crippen LogP contribution in [0.25, 0.3) is 0 Å². The Kier molecular flexibility index (Phi) is 4.98. The maximum Gasteiger partial charge on any atom is 0.412 e. The van der Waals surface area contributed by atoms with Crippen LogP contribution in [0.15, 0.2) is 18.2 Å². The van der Waals surface area contributed by atoms with Crippen molar-refractivity contribution >= 4 is 23.4 Å². The summed E-state index contributed by atoms with van der Waals surface area (Å²) >= 11 is 0. The van der Waals surface area contributed by atoms with Crippen LogP contribution in [0.2, 0.25) is 0 Å². The lowest BCUT2D eigenvalue weighted by atomic mass is 10.2. The van der Waals surface area contributed by atoms with Crippen molar-refractivity contribution < 1.29 is 19.1 Å². The quantitative estimate of drug-likeness (QED) is 0.795. The molecule has 0 radical (unpaired) electrons. The Bertz CT molecular complexity index is 595. The molecule has 7 nitrogen and oxygen atoms in total. The van der Waals surface area contributed by atoms with Gasteiger partial charge in [0, 0.05) is 12.6 Å². The summed E-state index contributed by atoms with van der Waals surface area (Å²) in [6.45, 7) is 7.92. The Morgan fingerprint density at radius 1 is 1.39 bits per heavy atom. The van der Waals surface area contributed by atoms with Gasteiger partial charge in [0.15, 0.2) is 0 Å². The first-order chi connectivity index (χ1) is 10.7. The summed E-state index contributed by atoms with van der Waals surface area (Å²) in [4.78, 5) is 22.7. The Hall–Kier alpha value is -2.44. The second-order valence-electron chi connectivity index (χ2n) is 6.40. The molecule has 0 aromatic heterocycles. The highest BCUT2D eigenvalue weighted by atomic mass is 16.6. The molecule has 1 atom stereocenters. The number of amides is 2. The van der Waals surface area contributed by atoms with Crippen LogP contribution in [0.5, 0.6) is 5.75 Å². The normalized spacial score (nSPS) is 16.4. The average molecular weight is 321 g/mol. The van der Waals surface area contributed by atoms with Crippen molar-refractivity contribution in [1.29, 1.82) is 0 Å². The highest BCUT2D eigenvalue weighted by Crippen LogP contribution is 2.31. The van der Waals surface area contributed by atoms with E-state index in [4.69, 9.17) is 9.47 Å². The topological polar surface area (TPSA) is 88.7 Å². The molecule has 1 aromatic carbocycles. The molecule has 0 aliphatic carbocycles. The number of hydrogen-bond donors (Lipinski definition) is 3. The van der Waals surface area contributed by atoms with E-state index < -0.39 is 11.7 Å². The number of fused-ring (bicyclic) bond motifs is 1. The minimum Gasteiger partial charge on any atom is -0.485 e. The molecule has 2 rings (SSSR count). The minimum atomic E-state index is -0.545. The molecule has 1 aliphatic heterocycles. The van der Waals surface area contributed by atoms with Gasteiger partial charge in [-0.05, 0) is 39.0 Å². The molecule has 1 aliphatic rings. The van der Waals surface area contributed by atoms with Crippen molar-refractivity contribution in [3.63, 3.8) is 0 Å². The summed E-state index contributed by atoms with van der Waals surface area (Å²) in [5.41, 5.74) is 0.864.